The molecule has 0 unspecified atom stereocenters. The number of alkyl halides is 3. The number of hydrogen-bond acceptors (Lipinski definition) is 5. The molecule has 4 rings (SSSR count). The monoisotopic (exact) mass is 426 g/mol. The third-order valence-electron chi connectivity index (χ3n) is 5.17. The van der Waals surface area contributed by atoms with Crippen LogP contribution in [0.25, 0.3) is 11.2 Å². The van der Waals surface area contributed by atoms with Crippen LogP contribution in [0, 0.1) is 0 Å². The van der Waals surface area contributed by atoms with Crippen LogP contribution in [0.5, 0.6) is 0 Å². The van der Waals surface area contributed by atoms with Crippen molar-refractivity contribution in [2.24, 2.45) is 0 Å². The molecule has 0 aliphatic heterocycles. The van der Waals surface area contributed by atoms with Crippen LogP contribution in [-0.2, 0) is 12.7 Å². The molecule has 0 radical (unpaired) electrons. The Hall–Kier alpha value is -3.46. The molecule has 0 aliphatic rings. The van der Waals surface area contributed by atoms with E-state index in [2.05, 4.69) is 25.7 Å². The Kier molecular flexibility index (Phi) is 5.85. The highest BCUT2D eigenvalue weighted by Crippen LogP contribution is 2.33. The molecule has 0 aliphatic carbocycles. The lowest BCUT2D eigenvalue weighted by Gasteiger charge is -2.19. The van der Waals surface area contributed by atoms with Crippen molar-refractivity contribution in [1.29, 1.82) is 0 Å². The molecule has 31 heavy (non-hydrogen) atoms. The molecule has 9 heteroatoms. The zero-order valence-electron chi connectivity index (χ0n) is 16.5. The minimum absolute atomic E-state index is 0.0792. The van der Waals surface area contributed by atoms with Gasteiger partial charge in [0.05, 0.1) is 5.56 Å². The van der Waals surface area contributed by atoms with Gasteiger partial charge in [-0.2, -0.15) is 23.5 Å². The standard InChI is InChI=1S/C22H21F3N6/c23-22(24,25)18-9-5-4-8-15(18)13-27-11-10-16(14-6-2-1-3-7-14)17-12-19(26)28-21-20(17)29-31-30-21/h1-9,12,16,27H,10-11,13H2,(H3,26,28,29,30,31)/t16-/m1/s1. The average Bonchev–Trinajstić information content (AvgIpc) is 3.22. The number of rotatable bonds is 7. The lowest BCUT2D eigenvalue weighted by atomic mass is 9.88. The number of hydrogen-bond donors (Lipinski definition) is 3. The summed E-state index contributed by atoms with van der Waals surface area (Å²) in [5, 5.41) is 14.0. The highest BCUT2D eigenvalue weighted by Gasteiger charge is 2.32. The predicted octanol–water partition coefficient (Wildman–Crippen LogP) is 4.27. The zero-order valence-corrected chi connectivity index (χ0v) is 16.5. The lowest BCUT2D eigenvalue weighted by Crippen LogP contribution is -2.20. The summed E-state index contributed by atoms with van der Waals surface area (Å²) in [6, 6.07) is 17.2. The van der Waals surface area contributed by atoms with E-state index in [1.165, 1.54) is 12.1 Å². The topological polar surface area (TPSA) is 92.5 Å². The van der Waals surface area contributed by atoms with Crippen LogP contribution in [-0.4, -0.2) is 26.9 Å². The summed E-state index contributed by atoms with van der Waals surface area (Å²) in [5.74, 6) is 0.258. The molecule has 4 aromatic rings. The first-order chi connectivity index (χ1) is 14.9. The van der Waals surface area contributed by atoms with Gasteiger partial charge in [-0.15, -0.1) is 5.10 Å². The summed E-state index contributed by atoms with van der Waals surface area (Å²) >= 11 is 0. The van der Waals surface area contributed by atoms with E-state index in [-0.39, 0.29) is 18.0 Å². The molecule has 2 aromatic carbocycles. The molecule has 160 valence electrons. The molecule has 1 atom stereocenters. The van der Waals surface area contributed by atoms with Crippen molar-refractivity contribution in [2.45, 2.75) is 25.1 Å². The number of aromatic nitrogens is 4. The number of aromatic amines is 1. The summed E-state index contributed by atoms with van der Waals surface area (Å²) in [4.78, 5) is 4.19. The molecule has 0 saturated heterocycles. The third kappa shape index (κ3) is 4.66. The first-order valence-electron chi connectivity index (χ1n) is 9.81. The van der Waals surface area contributed by atoms with Crippen LogP contribution in [0.4, 0.5) is 19.0 Å². The molecule has 0 bridgehead atoms. The largest absolute Gasteiger partial charge is 0.416 e. The number of nitrogen functional groups attached to an aromatic ring is 1. The SMILES string of the molecule is Nc1cc([C@H](CCNCc2ccccc2C(F)(F)F)c2ccccc2)c2n[nH]nc2n1. The van der Waals surface area contributed by atoms with E-state index in [9.17, 15) is 13.2 Å². The molecule has 6 nitrogen and oxygen atoms in total. The number of halogens is 3. The fourth-order valence-corrected chi connectivity index (χ4v) is 3.75. The van der Waals surface area contributed by atoms with Crippen molar-refractivity contribution in [3.05, 3.63) is 82.9 Å². The molecule has 0 saturated carbocycles. The normalized spacial score (nSPS) is 12.9. The molecule has 4 N–H and O–H groups in total. The Balaban J connectivity index is 1.55. The Morgan fingerprint density at radius 2 is 1.74 bits per heavy atom. The van der Waals surface area contributed by atoms with Crippen LogP contribution < -0.4 is 11.1 Å². The van der Waals surface area contributed by atoms with E-state index >= 15 is 0 Å². The van der Waals surface area contributed by atoms with Crippen molar-refractivity contribution in [3.63, 3.8) is 0 Å². The lowest BCUT2D eigenvalue weighted by molar-refractivity contribution is -0.138. The molecule has 0 spiro atoms. The Labute approximate surface area is 176 Å². The van der Waals surface area contributed by atoms with E-state index in [4.69, 9.17) is 5.73 Å². The number of fused-ring (bicyclic) bond motifs is 1. The van der Waals surface area contributed by atoms with Crippen LogP contribution in [0.2, 0.25) is 0 Å². The fraction of sp³-hybridized carbons (Fsp3) is 0.227. The second-order valence-electron chi connectivity index (χ2n) is 7.22. The van der Waals surface area contributed by atoms with Gasteiger partial charge in [0.1, 0.15) is 11.3 Å². The number of H-pyrrole nitrogens is 1. The predicted molar refractivity (Wildman–Crippen MR) is 112 cm³/mol. The number of nitrogens with zero attached hydrogens (tertiary/aromatic N) is 3. The Morgan fingerprint density at radius 1 is 1.00 bits per heavy atom. The van der Waals surface area contributed by atoms with Crippen LogP contribution in [0.3, 0.4) is 0 Å². The van der Waals surface area contributed by atoms with Crippen LogP contribution >= 0.6 is 0 Å². The zero-order chi connectivity index (χ0) is 21.8. The minimum Gasteiger partial charge on any atom is -0.384 e. The minimum atomic E-state index is -4.38. The van der Waals surface area contributed by atoms with Crippen molar-refractivity contribution < 1.29 is 13.2 Å². The number of benzene rings is 2. The van der Waals surface area contributed by atoms with Gasteiger partial charge in [-0.1, -0.05) is 48.5 Å². The summed E-state index contributed by atoms with van der Waals surface area (Å²) in [6.07, 6.45) is -3.75. The molecule has 2 aromatic heterocycles. The van der Waals surface area contributed by atoms with Crippen LogP contribution in [0.1, 0.15) is 34.6 Å². The summed E-state index contributed by atoms with van der Waals surface area (Å²) in [7, 11) is 0. The van der Waals surface area contributed by atoms with Gasteiger partial charge in [0.15, 0.2) is 0 Å². The van der Waals surface area contributed by atoms with Gasteiger partial charge >= 0.3 is 6.18 Å². The molecule has 0 amide bonds. The number of anilines is 1. The Morgan fingerprint density at radius 3 is 2.52 bits per heavy atom. The molecular formula is C22H21F3N6. The van der Waals surface area contributed by atoms with Gasteiger partial charge in [0.25, 0.3) is 0 Å². The van der Waals surface area contributed by atoms with E-state index in [1.54, 1.807) is 12.1 Å². The van der Waals surface area contributed by atoms with Crippen molar-refractivity contribution in [1.82, 2.24) is 25.7 Å². The maximum atomic E-state index is 13.2. The highest BCUT2D eigenvalue weighted by molar-refractivity contribution is 5.77. The van der Waals surface area contributed by atoms with E-state index in [1.807, 2.05) is 30.3 Å². The van der Waals surface area contributed by atoms with Gasteiger partial charge < -0.3 is 11.1 Å². The molecule has 2 heterocycles. The first-order valence-corrected chi connectivity index (χ1v) is 9.81. The number of nitrogens with two attached hydrogens (primary N) is 1. The quantitative estimate of drug-likeness (QED) is 0.384. The summed E-state index contributed by atoms with van der Waals surface area (Å²) in [6.45, 7) is 0.613. The second kappa shape index (κ2) is 8.73. The van der Waals surface area contributed by atoms with Gasteiger partial charge in [0.2, 0.25) is 5.65 Å². The van der Waals surface area contributed by atoms with Crippen molar-refractivity contribution in [3.8, 4) is 0 Å². The third-order valence-corrected chi connectivity index (χ3v) is 5.17. The van der Waals surface area contributed by atoms with Crippen molar-refractivity contribution >= 4 is 17.0 Å². The fourth-order valence-electron chi connectivity index (χ4n) is 3.75. The van der Waals surface area contributed by atoms with Gasteiger partial charge in [-0.3, -0.25) is 0 Å². The Bertz CT molecular complexity index is 1160. The van der Waals surface area contributed by atoms with Crippen LogP contribution in [0.15, 0.2) is 60.7 Å². The van der Waals surface area contributed by atoms with Gasteiger partial charge in [-0.25, -0.2) is 4.98 Å². The molecule has 0 fully saturated rings. The highest BCUT2D eigenvalue weighted by atomic mass is 19.4. The number of pyridine rings is 1. The number of nitrogens with one attached hydrogen (secondary N) is 2. The second-order valence-corrected chi connectivity index (χ2v) is 7.22. The summed E-state index contributed by atoms with van der Waals surface area (Å²) < 4.78 is 39.7. The van der Waals surface area contributed by atoms with E-state index in [0.29, 0.717) is 29.9 Å². The first kappa shape index (κ1) is 20.8. The van der Waals surface area contributed by atoms with E-state index < -0.39 is 11.7 Å². The van der Waals surface area contributed by atoms with Gasteiger partial charge in [0, 0.05) is 12.5 Å². The smallest absolute Gasteiger partial charge is 0.384 e. The maximum absolute atomic E-state index is 13.2. The van der Waals surface area contributed by atoms with Crippen molar-refractivity contribution in [2.75, 3.05) is 12.3 Å². The van der Waals surface area contributed by atoms with Gasteiger partial charge in [-0.05, 0) is 41.8 Å². The summed E-state index contributed by atoms with van der Waals surface area (Å²) in [5.41, 5.74) is 8.57. The molecular weight excluding hydrogens is 405 g/mol. The maximum Gasteiger partial charge on any atom is 0.416 e. The van der Waals surface area contributed by atoms with E-state index in [0.717, 1.165) is 17.2 Å². The average molecular weight is 426 g/mol.